The summed E-state index contributed by atoms with van der Waals surface area (Å²) in [6.07, 6.45) is 4.26. The second-order valence-electron chi connectivity index (χ2n) is 10.4. The fourth-order valence-electron chi connectivity index (χ4n) is 6.51. The third kappa shape index (κ3) is 4.25. The fourth-order valence-corrected chi connectivity index (χ4v) is 6.51. The molecule has 2 unspecified atom stereocenters. The third-order valence-electron chi connectivity index (χ3n) is 8.10. The van der Waals surface area contributed by atoms with Crippen molar-refractivity contribution in [2.75, 3.05) is 25.1 Å². The molecule has 2 N–H and O–H groups in total. The highest BCUT2D eigenvalue weighted by Gasteiger charge is 2.78. The number of aryl methyl sites for hydroxylation is 2. The summed E-state index contributed by atoms with van der Waals surface area (Å²) >= 11 is 0. The first-order valence-electron chi connectivity index (χ1n) is 12.9. The number of anilines is 1. The first-order valence-corrected chi connectivity index (χ1v) is 12.9. The highest BCUT2D eigenvalue weighted by molar-refractivity contribution is 6.04. The van der Waals surface area contributed by atoms with Crippen LogP contribution in [0.4, 0.5) is 5.69 Å². The molecule has 0 saturated carbocycles. The number of aliphatic hydroxyl groups excluding tert-OH is 1. The van der Waals surface area contributed by atoms with E-state index in [0.29, 0.717) is 32.2 Å². The number of nitrogens with one attached hydrogen (secondary N) is 1. The molecule has 192 valence electrons. The Morgan fingerprint density at radius 1 is 1.17 bits per heavy atom. The van der Waals surface area contributed by atoms with E-state index in [1.165, 1.54) is 0 Å². The quantitative estimate of drug-likeness (QED) is 0.389. The second kappa shape index (κ2) is 9.90. The molecule has 3 saturated heterocycles. The number of hydrogen-bond acceptors (Lipinski definition) is 6. The summed E-state index contributed by atoms with van der Waals surface area (Å²) in [5, 5.41) is 12.2. The number of carbonyl (C=O) groups excluding carboxylic acids is 3. The van der Waals surface area contributed by atoms with E-state index in [0.717, 1.165) is 29.7 Å². The third-order valence-corrected chi connectivity index (χ3v) is 8.10. The van der Waals surface area contributed by atoms with E-state index in [1.54, 1.807) is 11.8 Å². The highest BCUT2D eigenvalue weighted by Crippen LogP contribution is 2.63. The van der Waals surface area contributed by atoms with Crippen molar-refractivity contribution < 1.29 is 29.0 Å². The molecule has 2 bridgehead atoms. The molecule has 2 amide bonds. The number of unbranched alkanes of at least 4 members (excludes halogenated alkanes) is 3. The number of esters is 1. The predicted molar refractivity (Wildman–Crippen MR) is 131 cm³/mol. The fraction of sp³-hybridized carbons (Fsp3) is 0.667. The van der Waals surface area contributed by atoms with Crippen LogP contribution < -0.4 is 5.32 Å². The molecule has 3 heterocycles. The number of amides is 2. The van der Waals surface area contributed by atoms with Crippen LogP contribution in [0.5, 0.6) is 0 Å². The van der Waals surface area contributed by atoms with Crippen LogP contribution in [-0.4, -0.2) is 64.8 Å². The number of ether oxygens (including phenoxy) is 2. The van der Waals surface area contributed by atoms with Crippen LogP contribution in [0.3, 0.4) is 0 Å². The molecule has 0 radical (unpaired) electrons. The molecule has 3 aliphatic rings. The Bertz CT molecular complexity index is 976. The van der Waals surface area contributed by atoms with Gasteiger partial charge >= 0.3 is 5.97 Å². The molecule has 3 aliphatic heterocycles. The summed E-state index contributed by atoms with van der Waals surface area (Å²) in [6, 6.07) is 5.01. The topological polar surface area (TPSA) is 105 Å². The Labute approximate surface area is 207 Å². The molecule has 0 aromatic heterocycles. The van der Waals surface area contributed by atoms with Gasteiger partial charge in [-0.2, -0.15) is 0 Å². The van der Waals surface area contributed by atoms with Crippen LogP contribution in [0.15, 0.2) is 18.2 Å². The minimum atomic E-state index is -1.05. The van der Waals surface area contributed by atoms with Crippen molar-refractivity contribution in [3.8, 4) is 0 Å². The molecule has 3 fully saturated rings. The van der Waals surface area contributed by atoms with E-state index < -0.39 is 35.0 Å². The summed E-state index contributed by atoms with van der Waals surface area (Å²) in [4.78, 5) is 42.4. The van der Waals surface area contributed by atoms with Crippen LogP contribution in [0.25, 0.3) is 0 Å². The van der Waals surface area contributed by atoms with Crippen molar-refractivity contribution >= 4 is 23.5 Å². The first kappa shape index (κ1) is 25.6. The van der Waals surface area contributed by atoms with Crippen molar-refractivity contribution in [1.82, 2.24) is 4.90 Å². The van der Waals surface area contributed by atoms with Gasteiger partial charge in [0, 0.05) is 18.8 Å². The number of hydrogen-bond donors (Lipinski definition) is 2. The van der Waals surface area contributed by atoms with Crippen molar-refractivity contribution in [1.29, 1.82) is 0 Å². The van der Waals surface area contributed by atoms with Gasteiger partial charge in [-0.3, -0.25) is 14.4 Å². The standard InChI is InChI=1S/C27H38N2O6/c1-5-34-25(33)20-19-24(32)29(15-8-6-7-9-16-30)22(27(19)14-13-26(20,4)35-27)23(31)28-21-17(2)11-10-12-18(21)3/h10-12,19-20,22,30H,5-9,13-16H2,1-4H3,(H,28,31)/t19-,20-,22?,26+,27?/m0/s1. The lowest BCUT2D eigenvalue weighted by Crippen LogP contribution is -2.53. The van der Waals surface area contributed by atoms with Gasteiger partial charge in [0.05, 0.1) is 18.1 Å². The minimum Gasteiger partial charge on any atom is -0.466 e. The van der Waals surface area contributed by atoms with Gasteiger partial charge in [0.1, 0.15) is 17.6 Å². The van der Waals surface area contributed by atoms with E-state index >= 15 is 0 Å². The molecule has 1 aromatic carbocycles. The molecule has 35 heavy (non-hydrogen) atoms. The maximum absolute atomic E-state index is 13.9. The van der Waals surface area contributed by atoms with Crippen LogP contribution in [0.2, 0.25) is 0 Å². The molecule has 0 aliphatic carbocycles. The smallest absolute Gasteiger partial charge is 0.312 e. The largest absolute Gasteiger partial charge is 0.466 e. The molecule has 5 atom stereocenters. The number of rotatable bonds is 10. The molecular weight excluding hydrogens is 448 g/mol. The normalized spacial score (nSPS) is 31.1. The Kier molecular flexibility index (Phi) is 7.25. The maximum Gasteiger partial charge on any atom is 0.312 e. The van der Waals surface area contributed by atoms with Crippen molar-refractivity contribution in [3.63, 3.8) is 0 Å². The number of fused-ring (bicyclic) bond motifs is 1. The van der Waals surface area contributed by atoms with Crippen LogP contribution in [0, 0.1) is 25.7 Å². The monoisotopic (exact) mass is 486 g/mol. The molecule has 8 nitrogen and oxygen atoms in total. The zero-order valence-electron chi connectivity index (χ0n) is 21.3. The average molecular weight is 487 g/mol. The van der Waals surface area contributed by atoms with Crippen LogP contribution >= 0.6 is 0 Å². The van der Waals surface area contributed by atoms with Gasteiger partial charge in [-0.1, -0.05) is 31.0 Å². The summed E-state index contributed by atoms with van der Waals surface area (Å²) in [6.45, 7) is 8.28. The molecule has 4 rings (SSSR count). The number of likely N-dealkylation sites (tertiary alicyclic amines) is 1. The van der Waals surface area contributed by atoms with Gasteiger partial charge in [-0.05, 0) is 64.5 Å². The number of aliphatic hydroxyl groups is 1. The zero-order chi connectivity index (χ0) is 25.4. The van der Waals surface area contributed by atoms with Gasteiger partial charge in [-0.25, -0.2) is 0 Å². The second-order valence-corrected chi connectivity index (χ2v) is 10.4. The van der Waals surface area contributed by atoms with Gasteiger partial charge in [0.15, 0.2) is 0 Å². The lowest BCUT2D eigenvalue weighted by atomic mass is 9.66. The van der Waals surface area contributed by atoms with E-state index in [4.69, 9.17) is 14.6 Å². The van der Waals surface area contributed by atoms with Gasteiger partial charge < -0.3 is 24.8 Å². The zero-order valence-corrected chi connectivity index (χ0v) is 21.3. The highest BCUT2D eigenvalue weighted by atomic mass is 16.6. The van der Waals surface area contributed by atoms with Crippen LogP contribution in [0.1, 0.15) is 63.5 Å². The number of nitrogens with zero attached hydrogens (tertiary/aromatic N) is 1. The number of benzene rings is 1. The van der Waals surface area contributed by atoms with Crippen molar-refractivity contribution in [2.45, 2.75) is 83.5 Å². The molecule has 1 aromatic rings. The summed E-state index contributed by atoms with van der Waals surface area (Å²) < 4.78 is 11.9. The Morgan fingerprint density at radius 3 is 2.51 bits per heavy atom. The Morgan fingerprint density at radius 2 is 1.86 bits per heavy atom. The summed E-state index contributed by atoms with van der Waals surface area (Å²) in [7, 11) is 0. The van der Waals surface area contributed by atoms with Gasteiger partial charge in [-0.15, -0.1) is 0 Å². The first-order chi connectivity index (χ1) is 16.7. The molecule has 1 spiro atoms. The van der Waals surface area contributed by atoms with E-state index in [1.807, 2.05) is 39.0 Å². The minimum absolute atomic E-state index is 0.141. The van der Waals surface area contributed by atoms with E-state index in [-0.39, 0.29) is 25.0 Å². The lowest BCUT2D eigenvalue weighted by molar-refractivity contribution is -0.158. The van der Waals surface area contributed by atoms with E-state index in [2.05, 4.69) is 5.32 Å². The Balaban J connectivity index is 1.67. The van der Waals surface area contributed by atoms with Crippen molar-refractivity contribution in [3.05, 3.63) is 29.3 Å². The lowest BCUT2D eigenvalue weighted by Gasteiger charge is -2.33. The maximum atomic E-state index is 13.9. The average Bonchev–Trinajstić information content (AvgIpc) is 3.37. The van der Waals surface area contributed by atoms with Gasteiger partial charge in [0.2, 0.25) is 11.8 Å². The van der Waals surface area contributed by atoms with Crippen molar-refractivity contribution in [2.24, 2.45) is 11.8 Å². The number of carbonyl (C=O) groups is 3. The predicted octanol–water partition coefficient (Wildman–Crippen LogP) is 3.12. The van der Waals surface area contributed by atoms with Crippen LogP contribution in [-0.2, 0) is 23.9 Å². The Hall–Kier alpha value is -2.45. The van der Waals surface area contributed by atoms with Gasteiger partial charge in [0.25, 0.3) is 0 Å². The van der Waals surface area contributed by atoms with E-state index in [9.17, 15) is 14.4 Å². The molecule has 8 heteroatoms. The number of para-hydroxylation sites is 1. The SMILES string of the molecule is CCOC(=O)[C@@H]1[C@H]2C(=O)N(CCCCCCO)C(C(=O)Nc3c(C)cccc3C)C23CC[C@@]1(C)O3. The summed E-state index contributed by atoms with van der Waals surface area (Å²) in [5.74, 6) is -2.35. The molecular formula is C27H38N2O6. The summed E-state index contributed by atoms with van der Waals surface area (Å²) in [5.41, 5.74) is 0.764.